The largest absolute Gasteiger partial charge is 0.508 e. The van der Waals surface area contributed by atoms with Gasteiger partial charge in [-0.2, -0.15) is 11.8 Å². The number of rotatable bonds is 4. The van der Waals surface area contributed by atoms with Gasteiger partial charge in [-0.1, -0.05) is 18.2 Å². The number of hydrogen-bond donors (Lipinski definition) is 2. The van der Waals surface area contributed by atoms with Crippen LogP contribution in [0.25, 0.3) is 0 Å². The molecule has 0 aromatic heterocycles. The Balaban J connectivity index is 1.94. The van der Waals surface area contributed by atoms with Crippen LogP contribution in [0.4, 0.5) is 0 Å². The fraction of sp³-hybridized carbons (Fsp3) is 0.571. The number of para-hydroxylation sites is 1. The summed E-state index contributed by atoms with van der Waals surface area (Å²) in [4.78, 5) is 0. The third kappa shape index (κ3) is 3.17. The second-order valence-corrected chi connectivity index (χ2v) is 5.95. The summed E-state index contributed by atoms with van der Waals surface area (Å²) in [6, 6.07) is 8.42. The van der Waals surface area contributed by atoms with Gasteiger partial charge in [0.1, 0.15) is 5.75 Å². The summed E-state index contributed by atoms with van der Waals surface area (Å²) < 4.78 is 0. The minimum absolute atomic E-state index is 0.224. The van der Waals surface area contributed by atoms with Gasteiger partial charge >= 0.3 is 0 Å². The van der Waals surface area contributed by atoms with Gasteiger partial charge in [-0.3, -0.25) is 0 Å². The van der Waals surface area contributed by atoms with E-state index >= 15 is 0 Å². The lowest BCUT2D eigenvalue weighted by molar-refractivity contribution is 0.427. The van der Waals surface area contributed by atoms with E-state index in [4.69, 9.17) is 0 Å². The lowest BCUT2D eigenvalue weighted by Crippen LogP contribution is -2.29. The van der Waals surface area contributed by atoms with Gasteiger partial charge < -0.3 is 10.4 Å². The summed E-state index contributed by atoms with van der Waals surface area (Å²) in [5.74, 6) is 0.395. The number of phenolic OH excluding ortho intramolecular Hbond substituents is 1. The predicted molar refractivity (Wildman–Crippen MR) is 74.6 cm³/mol. The molecule has 1 aliphatic carbocycles. The molecule has 1 fully saturated rings. The maximum Gasteiger partial charge on any atom is 0.120 e. The summed E-state index contributed by atoms with van der Waals surface area (Å²) in [6.45, 7) is 2.13. The number of benzene rings is 1. The van der Waals surface area contributed by atoms with Crippen molar-refractivity contribution in [2.24, 2.45) is 0 Å². The van der Waals surface area contributed by atoms with Crippen LogP contribution in [0.5, 0.6) is 5.75 Å². The summed E-state index contributed by atoms with van der Waals surface area (Å²) in [5.41, 5.74) is 1.00. The van der Waals surface area contributed by atoms with Crippen molar-refractivity contribution in [3.05, 3.63) is 29.8 Å². The van der Waals surface area contributed by atoms with Crippen molar-refractivity contribution in [1.29, 1.82) is 0 Å². The first-order chi connectivity index (χ1) is 8.20. The monoisotopic (exact) mass is 251 g/mol. The van der Waals surface area contributed by atoms with Gasteiger partial charge in [0, 0.05) is 22.9 Å². The van der Waals surface area contributed by atoms with Crippen LogP contribution in [-0.2, 0) is 0 Å². The molecule has 0 heterocycles. The predicted octanol–water partition coefficient (Wildman–Crippen LogP) is 3.33. The van der Waals surface area contributed by atoms with Crippen molar-refractivity contribution in [2.45, 2.75) is 43.5 Å². The molecule has 2 N–H and O–H groups in total. The number of nitrogens with one attached hydrogen (secondary N) is 1. The zero-order valence-electron chi connectivity index (χ0n) is 10.5. The molecule has 0 bridgehead atoms. The maximum absolute atomic E-state index is 9.81. The van der Waals surface area contributed by atoms with Crippen LogP contribution in [0, 0.1) is 0 Å². The van der Waals surface area contributed by atoms with Gasteiger partial charge in [-0.25, -0.2) is 0 Å². The van der Waals surface area contributed by atoms with E-state index in [-0.39, 0.29) is 6.04 Å². The lowest BCUT2D eigenvalue weighted by Gasteiger charge is -2.20. The fourth-order valence-electron chi connectivity index (χ4n) is 2.60. The topological polar surface area (TPSA) is 32.3 Å². The Morgan fingerprint density at radius 3 is 2.76 bits per heavy atom. The molecular formula is C14H21NOS. The molecule has 0 amide bonds. The molecule has 1 saturated carbocycles. The minimum atomic E-state index is 0.224. The molecular weight excluding hydrogens is 230 g/mol. The zero-order valence-corrected chi connectivity index (χ0v) is 11.3. The Morgan fingerprint density at radius 2 is 2.12 bits per heavy atom. The number of phenols is 1. The summed E-state index contributed by atoms with van der Waals surface area (Å²) >= 11 is 1.97. The van der Waals surface area contributed by atoms with Crippen LogP contribution >= 0.6 is 11.8 Å². The average Bonchev–Trinajstić information content (AvgIpc) is 2.77. The zero-order chi connectivity index (χ0) is 12.3. The Hall–Kier alpha value is -0.670. The Bertz CT molecular complexity index is 369. The first-order valence-corrected chi connectivity index (χ1v) is 7.56. The van der Waals surface area contributed by atoms with Crippen LogP contribution < -0.4 is 5.32 Å². The van der Waals surface area contributed by atoms with E-state index in [2.05, 4.69) is 18.5 Å². The van der Waals surface area contributed by atoms with Crippen LogP contribution in [0.2, 0.25) is 0 Å². The molecule has 2 nitrogen and oxygen atoms in total. The van der Waals surface area contributed by atoms with E-state index in [1.807, 2.05) is 30.0 Å². The molecule has 3 heteroatoms. The van der Waals surface area contributed by atoms with Crippen LogP contribution in [-0.4, -0.2) is 22.7 Å². The molecule has 1 aromatic carbocycles. The second kappa shape index (κ2) is 5.78. The highest BCUT2D eigenvalue weighted by molar-refractivity contribution is 7.99. The van der Waals surface area contributed by atoms with Gasteiger partial charge in [-0.05, 0) is 38.5 Å². The molecule has 0 spiro atoms. The van der Waals surface area contributed by atoms with Crippen molar-refractivity contribution in [1.82, 2.24) is 5.32 Å². The molecule has 1 aliphatic rings. The normalized spacial score (nSPS) is 26.0. The average molecular weight is 251 g/mol. The molecule has 0 saturated heterocycles. The minimum Gasteiger partial charge on any atom is -0.508 e. The molecule has 0 radical (unpaired) electrons. The molecule has 94 valence electrons. The van der Waals surface area contributed by atoms with E-state index in [1.165, 1.54) is 19.3 Å². The fourth-order valence-corrected chi connectivity index (χ4v) is 3.40. The molecule has 0 aliphatic heterocycles. The number of thioether (sulfide) groups is 1. The highest BCUT2D eigenvalue weighted by Crippen LogP contribution is 2.31. The third-order valence-corrected chi connectivity index (χ3v) is 4.70. The van der Waals surface area contributed by atoms with E-state index in [0.717, 1.165) is 10.8 Å². The molecule has 3 unspecified atom stereocenters. The summed E-state index contributed by atoms with van der Waals surface area (Å²) in [7, 11) is 0. The first kappa shape index (κ1) is 12.8. The van der Waals surface area contributed by atoms with Crippen molar-refractivity contribution >= 4 is 11.8 Å². The van der Waals surface area contributed by atoms with E-state index in [1.54, 1.807) is 6.07 Å². The summed E-state index contributed by atoms with van der Waals surface area (Å²) in [6.07, 6.45) is 6.01. The molecule has 2 rings (SSSR count). The van der Waals surface area contributed by atoms with E-state index < -0.39 is 0 Å². The summed E-state index contributed by atoms with van der Waals surface area (Å²) in [5, 5.41) is 14.2. The Morgan fingerprint density at radius 1 is 1.35 bits per heavy atom. The number of hydrogen-bond acceptors (Lipinski definition) is 3. The van der Waals surface area contributed by atoms with Crippen LogP contribution in [0.15, 0.2) is 24.3 Å². The highest BCUT2D eigenvalue weighted by Gasteiger charge is 2.25. The van der Waals surface area contributed by atoms with Crippen molar-refractivity contribution in [2.75, 3.05) is 6.26 Å². The van der Waals surface area contributed by atoms with Gasteiger partial charge in [0.25, 0.3) is 0 Å². The van der Waals surface area contributed by atoms with Gasteiger partial charge in [-0.15, -0.1) is 0 Å². The molecule has 3 atom stereocenters. The molecule has 1 aromatic rings. The van der Waals surface area contributed by atoms with Crippen molar-refractivity contribution < 1.29 is 5.11 Å². The quantitative estimate of drug-likeness (QED) is 0.861. The lowest BCUT2D eigenvalue weighted by atomic mass is 10.1. The standard InChI is InChI=1S/C14H21NOS/c1-10(13-5-3-4-6-14(13)16)15-11-7-8-12(9-11)17-2/h3-6,10-12,15-16H,7-9H2,1-2H3. The third-order valence-electron chi connectivity index (χ3n) is 3.61. The van der Waals surface area contributed by atoms with Crippen LogP contribution in [0.3, 0.4) is 0 Å². The Labute approximate surface area is 108 Å². The highest BCUT2D eigenvalue weighted by atomic mass is 32.2. The Kier molecular flexibility index (Phi) is 4.35. The van der Waals surface area contributed by atoms with Crippen LogP contribution in [0.1, 0.15) is 37.8 Å². The smallest absolute Gasteiger partial charge is 0.120 e. The first-order valence-electron chi connectivity index (χ1n) is 6.27. The van der Waals surface area contributed by atoms with Crippen molar-refractivity contribution in [3.63, 3.8) is 0 Å². The van der Waals surface area contributed by atoms with Gasteiger partial charge in [0.15, 0.2) is 0 Å². The molecule has 17 heavy (non-hydrogen) atoms. The second-order valence-electron chi connectivity index (χ2n) is 4.81. The number of aromatic hydroxyl groups is 1. The maximum atomic E-state index is 9.81. The SMILES string of the molecule is CSC1CCC(NC(C)c2ccccc2O)C1. The van der Waals surface area contributed by atoms with Gasteiger partial charge in [0.2, 0.25) is 0 Å². The van der Waals surface area contributed by atoms with E-state index in [9.17, 15) is 5.11 Å². The van der Waals surface area contributed by atoms with Crippen molar-refractivity contribution in [3.8, 4) is 5.75 Å². The van der Waals surface area contributed by atoms with Gasteiger partial charge in [0.05, 0.1) is 0 Å². The van der Waals surface area contributed by atoms with E-state index in [0.29, 0.717) is 11.8 Å².